The minimum absolute atomic E-state index is 0.313. The number of methoxy groups -OCH3 is 1. The van der Waals surface area contributed by atoms with Crippen LogP contribution in [-0.4, -0.2) is 49.8 Å². The van der Waals surface area contributed by atoms with E-state index in [1.807, 2.05) is 7.11 Å². The zero-order chi connectivity index (χ0) is 12.7. The van der Waals surface area contributed by atoms with E-state index >= 15 is 0 Å². The van der Waals surface area contributed by atoms with Gasteiger partial charge in [0, 0.05) is 25.7 Å². The summed E-state index contributed by atoms with van der Waals surface area (Å²) >= 11 is 0. The van der Waals surface area contributed by atoms with Gasteiger partial charge in [-0.05, 0) is 46.2 Å². The summed E-state index contributed by atoms with van der Waals surface area (Å²) in [5.41, 5.74) is 0. The van der Waals surface area contributed by atoms with Crippen molar-refractivity contribution >= 4 is 0 Å². The molecule has 0 aromatic rings. The molecule has 3 heteroatoms. The summed E-state index contributed by atoms with van der Waals surface area (Å²) in [7, 11) is 1.81. The minimum atomic E-state index is 0.313. The molecular formula is C14H30N2O. The van der Waals surface area contributed by atoms with Gasteiger partial charge in [-0.2, -0.15) is 0 Å². The van der Waals surface area contributed by atoms with Crippen molar-refractivity contribution in [3.8, 4) is 0 Å². The molecule has 1 saturated heterocycles. The molecule has 0 aliphatic carbocycles. The van der Waals surface area contributed by atoms with Crippen LogP contribution in [0.15, 0.2) is 0 Å². The molecule has 0 saturated carbocycles. The molecule has 3 nitrogen and oxygen atoms in total. The molecule has 1 heterocycles. The lowest BCUT2D eigenvalue weighted by Gasteiger charge is -2.34. The second-order valence-corrected chi connectivity index (χ2v) is 5.32. The molecule has 3 atom stereocenters. The van der Waals surface area contributed by atoms with Crippen LogP contribution in [-0.2, 0) is 4.74 Å². The van der Waals surface area contributed by atoms with Crippen molar-refractivity contribution in [3.05, 3.63) is 0 Å². The maximum Gasteiger partial charge on any atom is 0.0695 e. The van der Waals surface area contributed by atoms with Crippen molar-refractivity contribution in [1.29, 1.82) is 0 Å². The van der Waals surface area contributed by atoms with Crippen LogP contribution >= 0.6 is 0 Å². The summed E-state index contributed by atoms with van der Waals surface area (Å²) in [6.45, 7) is 10.3. The first-order valence-electron chi connectivity index (χ1n) is 7.19. The summed E-state index contributed by atoms with van der Waals surface area (Å²) in [6.07, 6.45) is 5.53. The van der Waals surface area contributed by atoms with Gasteiger partial charge in [0.2, 0.25) is 0 Å². The molecule has 0 aromatic heterocycles. The first-order chi connectivity index (χ1) is 8.19. The molecule has 1 N–H and O–H groups in total. The molecule has 0 radical (unpaired) electrons. The van der Waals surface area contributed by atoms with E-state index in [1.54, 1.807) is 0 Å². The van der Waals surface area contributed by atoms with Gasteiger partial charge in [-0.25, -0.2) is 0 Å². The van der Waals surface area contributed by atoms with E-state index in [9.17, 15) is 0 Å². The lowest BCUT2D eigenvalue weighted by molar-refractivity contribution is 0.0295. The largest absolute Gasteiger partial charge is 0.380 e. The van der Waals surface area contributed by atoms with Crippen molar-refractivity contribution in [2.45, 2.75) is 64.6 Å². The minimum Gasteiger partial charge on any atom is -0.380 e. The van der Waals surface area contributed by atoms with Crippen LogP contribution in [0, 0.1) is 0 Å². The van der Waals surface area contributed by atoms with Crippen LogP contribution in [0.3, 0.4) is 0 Å². The number of nitrogens with one attached hydrogen (secondary N) is 1. The van der Waals surface area contributed by atoms with E-state index in [2.05, 4.69) is 31.0 Å². The van der Waals surface area contributed by atoms with Crippen molar-refractivity contribution in [2.75, 3.05) is 26.7 Å². The van der Waals surface area contributed by atoms with Gasteiger partial charge in [0.15, 0.2) is 0 Å². The first-order valence-corrected chi connectivity index (χ1v) is 7.19. The van der Waals surface area contributed by atoms with E-state index in [0.29, 0.717) is 18.2 Å². The quantitative estimate of drug-likeness (QED) is 0.706. The number of ether oxygens (including phenoxy) is 1. The third kappa shape index (κ3) is 4.94. The van der Waals surface area contributed by atoms with E-state index in [-0.39, 0.29) is 0 Å². The molecule has 0 amide bonds. The summed E-state index contributed by atoms with van der Waals surface area (Å²) < 4.78 is 5.48. The van der Waals surface area contributed by atoms with E-state index in [4.69, 9.17) is 4.74 Å². The Labute approximate surface area is 107 Å². The van der Waals surface area contributed by atoms with Crippen LogP contribution in [0.1, 0.15) is 46.5 Å². The molecule has 0 bridgehead atoms. The highest BCUT2D eigenvalue weighted by atomic mass is 16.5. The zero-order valence-electron chi connectivity index (χ0n) is 12.0. The highest BCUT2D eigenvalue weighted by Gasteiger charge is 2.24. The van der Waals surface area contributed by atoms with Gasteiger partial charge >= 0.3 is 0 Å². The Hall–Kier alpha value is -0.120. The molecule has 0 spiro atoms. The summed E-state index contributed by atoms with van der Waals surface area (Å²) in [6, 6.07) is 1.20. The molecule has 102 valence electrons. The molecule has 1 rings (SSSR count). The molecule has 1 aliphatic rings. The highest BCUT2D eigenvalue weighted by molar-refractivity contribution is 4.82. The predicted octanol–water partition coefficient (Wildman–Crippen LogP) is 2.26. The van der Waals surface area contributed by atoms with Crippen LogP contribution in [0.4, 0.5) is 0 Å². The highest BCUT2D eigenvalue weighted by Crippen LogP contribution is 2.13. The van der Waals surface area contributed by atoms with Gasteiger partial charge in [-0.3, -0.25) is 4.90 Å². The van der Waals surface area contributed by atoms with Crippen LogP contribution in [0.2, 0.25) is 0 Å². The molecule has 1 fully saturated rings. The van der Waals surface area contributed by atoms with E-state index in [1.165, 1.54) is 45.3 Å². The lowest BCUT2D eigenvalue weighted by Crippen LogP contribution is -2.47. The SMILES string of the molecule is CCCCN(CC1CCCN1)C(C)C(C)OC. The third-order valence-corrected chi connectivity index (χ3v) is 4.04. The Morgan fingerprint density at radius 1 is 1.41 bits per heavy atom. The topological polar surface area (TPSA) is 24.5 Å². The average Bonchev–Trinajstić information content (AvgIpc) is 2.85. The molecule has 3 unspecified atom stereocenters. The van der Waals surface area contributed by atoms with Crippen LogP contribution in [0.5, 0.6) is 0 Å². The average molecular weight is 242 g/mol. The number of rotatable bonds is 8. The fraction of sp³-hybridized carbons (Fsp3) is 1.00. The zero-order valence-corrected chi connectivity index (χ0v) is 12.0. The van der Waals surface area contributed by atoms with Gasteiger partial charge in [-0.1, -0.05) is 13.3 Å². The molecule has 17 heavy (non-hydrogen) atoms. The molecule has 0 aromatic carbocycles. The second kappa shape index (κ2) is 8.06. The molecular weight excluding hydrogens is 212 g/mol. The van der Waals surface area contributed by atoms with E-state index in [0.717, 1.165) is 0 Å². The summed E-state index contributed by atoms with van der Waals surface area (Å²) in [4.78, 5) is 2.60. The fourth-order valence-electron chi connectivity index (χ4n) is 2.51. The van der Waals surface area contributed by atoms with Gasteiger partial charge in [-0.15, -0.1) is 0 Å². The van der Waals surface area contributed by atoms with Gasteiger partial charge < -0.3 is 10.1 Å². The normalized spacial score (nSPS) is 24.2. The number of unbranched alkanes of at least 4 members (excludes halogenated alkanes) is 1. The number of hydrogen-bond donors (Lipinski definition) is 1. The summed E-state index contributed by atoms with van der Waals surface area (Å²) in [5.74, 6) is 0. The number of nitrogens with zero attached hydrogens (tertiary/aromatic N) is 1. The van der Waals surface area contributed by atoms with Crippen molar-refractivity contribution in [3.63, 3.8) is 0 Å². The van der Waals surface area contributed by atoms with Crippen LogP contribution in [0.25, 0.3) is 0 Å². The maximum atomic E-state index is 5.48. The lowest BCUT2D eigenvalue weighted by atomic mass is 10.1. The third-order valence-electron chi connectivity index (χ3n) is 4.04. The van der Waals surface area contributed by atoms with Gasteiger partial charge in [0.1, 0.15) is 0 Å². The molecule has 1 aliphatic heterocycles. The van der Waals surface area contributed by atoms with Crippen molar-refractivity contribution in [2.24, 2.45) is 0 Å². The van der Waals surface area contributed by atoms with Crippen molar-refractivity contribution in [1.82, 2.24) is 10.2 Å². The fourth-order valence-corrected chi connectivity index (χ4v) is 2.51. The Morgan fingerprint density at radius 2 is 2.18 bits per heavy atom. The van der Waals surface area contributed by atoms with E-state index < -0.39 is 0 Å². The Morgan fingerprint density at radius 3 is 2.71 bits per heavy atom. The predicted molar refractivity (Wildman–Crippen MR) is 73.4 cm³/mol. The first kappa shape index (κ1) is 14.9. The van der Waals surface area contributed by atoms with Gasteiger partial charge in [0.25, 0.3) is 0 Å². The Balaban J connectivity index is 2.45. The smallest absolute Gasteiger partial charge is 0.0695 e. The van der Waals surface area contributed by atoms with Crippen LogP contribution < -0.4 is 5.32 Å². The Kier molecular flexibility index (Phi) is 7.09. The Bertz CT molecular complexity index is 193. The standard InChI is InChI=1S/C14H30N2O/c1-5-6-10-16(12(2)13(3)17-4)11-14-8-7-9-15-14/h12-15H,5-11H2,1-4H3. The van der Waals surface area contributed by atoms with Crippen molar-refractivity contribution < 1.29 is 4.74 Å². The monoisotopic (exact) mass is 242 g/mol. The van der Waals surface area contributed by atoms with Gasteiger partial charge in [0.05, 0.1) is 6.10 Å². The second-order valence-electron chi connectivity index (χ2n) is 5.32. The maximum absolute atomic E-state index is 5.48. The summed E-state index contributed by atoms with van der Waals surface area (Å²) in [5, 5.41) is 3.59. The number of hydrogen-bond acceptors (Lipinski definition) is 3.